The molecule has 14 heteroatoms. The Morgan fingerprint density at radius 3 is 1.79 bits per heavy atom. The van der Waals surface area contributed by atoms with Gasteiger partial charge in [0, 0.05) is 43.5 Å². The SMILES string of the molecule is O=[N+]([O-])c1cc(/C=N/Nc2c(F)c(F)c(C(F)(F)F)c(F)c2F)c(N2CCCCC2)cc1N1CCCCC1. The molecule has 0 spiro atoms. The summed E-state index contributed by atoms with van der Waals surface area (Å²) in [6.45, 7) is 2.56. The molecule has 7 nitrogen and oxygen atoms in total. The molecule has 2 heterocycles. The van der Waals surface area contributed by atoms with E-state index in [4.69, 9.17) is 0 Å². The normalized spacial score (nSPS) is 16.8. The van der Waals surface area contributed by atoms with E-state index < -0.39 is 45.6 Å². The number of benzene rings is 2. The van der Waals surface area contributed by atoms with Crippen molar-refractivity contribution < 1.29 is 35.7 Å². The second-order valence-corrected chi connectivity index (χ2v) is 9.13. The third kappa shape index (κ3) is 5.48. The Morgan fingerprint density at radius 2 is 1.32 bits per heavy atom. The topological polar surface area (TPSA) is 74.0 Å². The van der Waals surface area contributed by atoms with Gasteiger partial charge in [-0.3, -0.25) is 15.5 Å². The van der Waals surface area contributed by atoms with Crippen LogP contribution >= 0.6 is 0 Å². The third-order valence-electron chi connectivity index (χ3n) is 6.64. The summed E-state index contributed by atoms with van der Waals surface area (Å²) in [6, 6.07) is 2.91. The monoisotopic (exact) mass is 547 g/mol. The van der Waals surface area contributed by atoms with Gasteiger partial charge in [-0.25, -0.2) is 17.6 Å². The zero-order valence-electron chi connectivity index (χ0n) is 20.1. The van der Waals surface area contributed by atoms with Crippen molar-refractivity contribution in [2.45, 2.75) is 44.7 Å². The maximum atomic E-state index is 14.2. The highest BCUT2D eigenvalue weighted by Crippen LogP contribution is 2.39. The van der Waals surface area contributed by atoms with Gasteiger partial charge >= 0.3 is 6.18 Å². The Labute approximate surface area is 213 Å². The fourth-order valence-electron chi connectivity index (χ4n) is 4.77. The van der Waals surface area contributed by atoms with Crippen molar-refractivity contribution in [1.29, 1.82) is 0 Å². The van der Waals surface area contributed by atoms with Crippen molar-refractivity contribution in [2.75, 3.05) is 41.4 Å². The quantitative estimate of drug-likeness (QED) is 0.145. The van der Waals surface area contributed by atoms with Crippen LogP contribution < -0.4 is 15.2 Å². The van der Waals surface area contributed by atoms with Gasteiger partial charge in [0.1, 0.15) is 16.9 Å². The summed E-state index contributed by atoms with van der Waals surface area (Å²) in [6.07, 6.45) is 0.798. The first kappa shape index (κ1) is 27.5. The Morgan fingerprint density at radius 1 is 0.816 bits per heavy atom. The van der Waals surface area contributed by atoms with E-state index in [1.54, 1.807) is 11.5 Å². The number of nitrogens with one attached hydrogen (secondary N) is 1. The number of hydrazone groups is 1. The van der Waals surface area contributed by atoms with Crippen LogP contribution in [0.4, 0.5) is 53.5 Å². The molecule has 1 N–H and O–H groups in total. The Hall–Kier alpha value is -3.58. The average molecular weight is 547 g/mol. The van der Waals surface area contributed by atoms with Gasteiger partial charge in [-0.05, 0) is 44.6 Å². The summed E-state index contributed by atoms with van der Waals surface area (Å²) in [5.74, 6) is -9.86. The smallest absolute Gasteiger partial charge is 0.371 e. The molecule has 206 valence electrons. The minimum absolute atomic E-state index is 0.181. The molecule has 0 aromatic heterocycles. The highest BCUT2D eigenvalue weighted by Gasteiger charge is 2.42. The molecular weight excluding hydrogens is 523 g/mol. The molecule has 2 aromatic rings. The number of nitrogens with zero attached hydrogens (tertiary/aromatic N) is 4. The van der Waals surface area contributed by atoms with Gasteiger partial charge in [-0.2, -0.15) is 18.3 Å². The molecule has 2 saturated heterocycles. The lowest BCUT2D eigenvalue weighted by atomic mass is 10.0. The number of piperidine rings is 2. The molecule has 0 atom stereocenters. The number of nitro groups is 1. The zero-order chi connectivity index (χ0) is 27.6. The number of alkyl halides is 3. The van der Waals surface area contributed by atoms with Crippen molar-refractivity contribution in [3.63, 3.8) is 0 Å². The summed E-state index contributed by atoms with van der Waals surface area (Å²) in [5.41, 5.74) is -1.60. The highest BCUT2D eigenvalue weighted by molar-refractivity contribution is 5.92. The standard InChI is InChI=1S/C24H24F7N5O2/c25-19-18(24(29,30)31)20(26)22(28)23(21(19)27)33-32-13-14-11-17(36(37)38)16(35-9-5-2-6-10-35)12-15(14)34-7-3-1-4-8-34/h11-13,33H,1-10H2/b32-13+. The second kappa shape index (κ2) is 11.0. The summed E-state index contributed by atoms with van der Waals surface area (Å²) >= 11 is 0. The van der Waals surface area contributed by atoms with E-state index in [1.165, 1.54) is 6.07 Å². The summed E-state index contributed by atoms with van der Waals surface area (Å²) in [7, 11) is 0. The lowest BCUT2D eigenvalue weighted by molar-refractivity contribution is -0.384. The lowest BCUT2D eigenvalue weighted by Gasteiger charge is -2.33. The van der Waals surface area contributed by atoms with Crippen LogP contribution in [0.2, 0.25) is 0 Å². The van der Waals surface area contributed by atoms with Crippen LogP contribution in [0.25, 0.3) is 0 Å². The molecule has 38 heavy (non-hydrogen) atoms. The van der Waals surface area contributed by atoms with Gasteiger partial charge in [0.15, 0.2) is 23.3 Å². The van der Waals surface area contributed by atoms with Gasteiger partial charge < -0.3 is 9.80 Å². The van der Waals surface area contributed by atoms with Crippen LogP contribution in [-0.4, -0.2) is 37.3 Å². The van der Waals surface area contributed by atoms with Crippen molar-refractivity contribution >= 4 is 29.0 Å². The molecule has 0 unspecified atom stereocenters. The Bertz CT molecular complexity index is 1210. The number of hydrogen-bond donors (Lipinski definition) is 1. The fourth-order valence-corrected chi connectivity index (χ4v) is 4.77. The second-order valence-electron chi connectivity index (χ2n) is 9.13. The summed E-state index contributed by atoms with van der Waals surface area (Å²) < 4.78 is 94.9. The predicted octanol–water partition coefficient (Wildman–Crippen LogP) is 6.60. The molecule has 0 amide bonds. The summed E-state index contributed by atoms with van der Waals surface area (Å²) in [4.78, 5) is 15.3. The molecular formula is C24H24F7N5O2. The first-order chi connectivity index (χ1) is 18.0. The molecule has 0 saturated carbocycles. The van der Waals surface area contributed by atoms with E-state index in [1.807, 2.05) is 9.80 Å². The lowest BCUT2D eigenvalue weighted by Crippen LogP contribution is -2.32. The predicted molar refractivity (Wildman–Crippen MR) is 128 cm³/mol. The van der Waals surface area contributed by atoms with E-state index in [2.05, 4.69) is 5.10 Å². The number of nitro benzene ring substituents is 1. The first-order valence-corrected chi connectivity index (χ1v) is 12.0. The largest absolute Gasteiger partial charge is 0.422 e. The highest BCUT2D eigenvalue weighted by atomic mass is 19.4. The first-order valence-electron chi connectivity index (χ1n) is 12.0. The van der Waals surface area contributed by atoms with Crippen LogP contribution in [-0.2, 0) is 6.18 Å². The van der Waals surface area contributed by atoms with Gasteiger partial charge in [0.05, 0.1) is 11.1 Å². The van der Waals surface area contributed by atoms with E-state index >= 15 is 0 Å². The van der Waals surface area contributed by atoms with Gasteiger partial charge in [0.2, 0.25) is 0 Å². The van der Waals surface area contributed by atoms with Crippen LogP contribution in [0.3, 0.4) is 0 Å². The Balaban J connectivity index is 1.74. The fraction of sp³-hybridized carbons (Fsp3) is 0.458. The maximum Gasteiger partial charge on any atom is 0.422 e. The molecule has 0 aliphatic carbocycles. The number of rotatable bonds is 6. The minimum Gasteiger partial charge on any atom is -0.371 e. The molecule has 2 aliphatic heterocycles. The van der Waals surface area contributed by atoms with Crippen LogP contribution in [0, 0.1) is 33.4 Å². The molecule has 0 radical (unpaired) electrons. The van der Waals surface area contributed by atoms with Crippen molar-refractivity contribution in [3.8, 4) is 0 Å². The molecule has 2 aromatic carbocycles. The van der Waals surface area contributed by atoms with E-state index in [0.717, 1.165) is 44.7 Å². The zero-order valence-corrected chi connectivity index (χ0v) is 20.1. The molecule has 2 aliphatic rings. The van der Waals surface area contributed by atoms with Crippen molar-refractivity contribution in [3.05, 3.63) is 56.6 Å². The Kier molecular flexibility index (Phi) is 7.97. The summed E-state index contributed by atoms with van der Waals surface area (Å²) in [5, 5.41) is 15.5. The van der Waals surface area contributed by atoms with E-state index in [0.29, 0.717) is 37.6 Å². The van der Waals surface area contributed by atoms with E-state index in [-0.39, 0.29) is 11.3 Å². The van der Waals surface area contributed by atoms with Gasteiger partial charge in [-0.15, -0.1) is 0 Å². The molecule has 0 bridgehead atoms. The third-order valence-corrected chi connectivity index (χ3v) is 6.64. The van der Waals surface area contributed by atoms with Crippen LogP contribution in [0.15, 0.2) is 17.2 Å². The van der Waals surface area contributed by atoms with Gasteiger partial charge in [-0.1, -0.05) is 0 Å². The van der Waals surface area contributed by atoms with E-state index in [9.17, 15) is 40.8 Å². The maximum absolute atomic E-state index is 14.2. The minimum atomic E-state index is -5.67. The van der Waals surface area contributed by atoms with Crippen LogP contribution in [0.1, 0.15) is 49.7 Å². The van der Waals surface area contributed by atoms with Gasteiger partial charge in [0.25, 0.3) is 5.69 Å². The van der Waals surface area contributed by atoms with Crippen molar-refractivity contribution in [2.24, 2.45) is 5.10 Å². The molecule has 2 fully saturated rings. The number of halogens is 7. The van der Waals surface area contributed by atoms with Crippen LogP contribution in [0.5, 0.6) is 0 Å². The van der Waals surface area contributed by atoms with Crippen molar-refractivity contribution in [1.82, 2.24) is 0 Å². The number of anilines is 3. The number of hydrogen-bond acceptors (Lipinski definition) is 6. The molecule has 4 rings (SSSR count). The average Bonchev–Trinajstić information content (AvgIpc) is 2.89.